The summed E-state index contributed by atoms with van der Waals surface area (Å²) < 4.78 is 5.25. The third-order valence-electron chi connectivity index (χ3n) is 6.18. The first kappa shape index (κ1) is 25.7. The molecule has 3 rings (SSSR count). The summed E-state index contributed by atoms with van der Waals surface area (Å²) in [5, 5.41) is 5.00. The molecule has 0 aliphatic heterocycles. The van der Waals surface area contributed by atoms with Crippen molar-refractivity contribution in [3.05, 3.63) is 69.5 Å². The van der Waals surface area contributed by atoms with Gasteiger partial charge in [-0.3, -0.25) is 4.79 Å². The molecule has 2 aromatic carbocycles. The number of aromatic amines is 1. The summed E-state index contributed by atoms with van der Waals surface area (Å²) in [6.07, 6.45) is 0.954. The Morgan fingerprint density at radius 2 is 1.76 bits per heavy atom. The number of hydrogen-bond donors (Lipinski definition) is 2. The molecule has 34 heavy (non-hydrogen) atoms. The first-order chi connectivity index (χ1) is 16.3. The molecule has 0 atom stereocenters. The lowest BCUT2D eigenvalue weighted by Gasteiger charge is -2.27. The van der Waals surface area contributed by atoms with E-state index in [1.165, 1.54) is 0 Å². The number of thiocarbonyl (C=S) groups is 1. The summed E-state index contributed by atoms with van der Waals surface area (Å²) in [7, 11) is 1.65. The van der Waals surface area contributed by atoms with Gasteiger partial charge in [0.25, 0.3) is 5.56 Å². The van der Waals surface area contributed by atoms with Gasteiger partial charge in [-0.05, 0) is 99.6 Å². The van der Waals surface area contributed by atoms with Crippen LogP contribution in [0.25, 0.3) is 10.9 Å². The first-order valence-corrected chi connectivity index (χ1v) is 12.3. The van der Waals surface area contributed by atoms with Crippen LogP contribution in [0.3, 0.4) is 0 Å². The highest BCUT2D eigenvalue weighted by Gasteiger charge is 2.15. The summed E-state index contributed by atoms with van der Waals surface area (Å²) in [5.41, 5.74) is 4.69. The topological polar surface area (TPSA) is 60.6 Å². The molecule has 0 amide bonds. The highest BCUT2D eigenvalue weighted by atomic mass is 32.1. The largest absolute Gasteiger partial charge is 0.497 e. The molecule has 1 heterocycles. The van der Waals surface area contributed by atoms with Gasteiger partial charge in [-0.1, -0.05) is 19.9 Å². The van der Waals surface area contributed by atoms with E-state index in [1.54, 1.807) is 7.11 Å². The zero-order chi connectivity index (χ0) is 24.7. The molecule has 0 spiro atoms. The van der Waals surface area contributed by atoms with E-state index in [9.17, 15) is 4.79 Å². The molecule has 0 saturated carbocycles. The Bertz CT molecular complexity index is 1170. The number of fused-ring (bicyclic) bond motifs is 1. The molecule has 182 valence electrons. The van der Waals surface area contributed by atoms with Crippen molar-refractivity contribution in [3.63, 3.8) is 0 Å². The Morgan fingerprint density at radius 1 is 1.06 bits per heavy atom. The average Bonchev–Trinajstić information content (AvgIpc) is 2.82. The van der Waals surface area contributed by atoms with Crippen LogP contribution in [0, 0.1) is 13.8 Å². The Labute approximate surface area is 207 Å². The van der Waals surface area contributed by atoms with E-state index < -0.39 is 0 Å². The number of rotatable bonds is 10. The fourth-order valence-corrected chi connectivity index (χ4v) is 4.47. The highest BCUT2D eigenvalue weighted by Crippen LogP contribution is 2.20. The van der Waals surface area contributed by atoms with Gasteiger partial charge in [0.05, 0.1) is 13.7 Å². The van der Waals surface area contributed by atoms with Gasteiger partial charge in [-0.25, -0.2) is 0 Å². The maximum atomic E-state index is 12.9. The first-order valence-electron chi connectivity index (χ1n) is 11.9. The average molecular weight is 481 g/mol. The number of nitrogens with zero attached hydrogens (tertiary/aromatic N) is 2. The van der Waals surface area contributed by atoms with E-state index in [4.69, 9.17) is 17.0 Å². The SMILES string of the molecule is CCN(CC)CCCN(Cc1cc2c(C)cc(C)cc2[nH]c1=O)C(=S)Nc1ccc(OC)cc1. The lowest BCUT2D eigenvalue weighted by Crippen LogP contribution is -2.38. The summed E-state index contributed by atoms with van der Waals surface area (Å²) in [6.45, 7) is 12.7. The van der Waals surface area contributed by atoms with E-state index >= 15 is 0 Å². The second kappa shape index (κ2) is 12.0. The number of benzene rings is 2. The molecule has 7 heteroatoms. The van der Waals surface area contributed by atoms with Crippen molar-refractivity contribution < 1.29 is 4.74 Å². The minimum atomic E-state index is -0.0708. The molecule has 3 aromatic rings. The van der Waals surface area contributed by atoms with Crippen LogP contribution in [-0.2, 0) is 6.54 Å². The Kier molecular flexibility index (Phi) is 9.07. The highest BCUT2D eigenvalue weighted by molar-refractivity contribution is 7.80. The number of methoxy groups -OCH3 is 1. The summed E-state index contributed by atoms with van der Waals surface area (Å²) >= 11 is 5.79. The van der Waals surface area contributed by atoms with E-state index in [0.717, 1.165) is 66.1 Å². The number of ether oxygens (including phenoxy) is 1. The third kappa shape index (κ3) is 6.58. The van der Waals surface area contributed by atoms with Crippen molar-refractivity contribution in [2.75, 3.05) is 38.6 Å². The lowest BCUT2D eigenvalue weighted by molar-refractivity contribution is 0.281. The van der Waals surface area contributed by atoms with Crippen LogP contribution in [0.15, 0.2) is 47.3 Å². The maximum absolute atomic E-state index is 12.9. The van der Waals surface area contributed by atoms with Crippen LogP contribution >= 0.6 is 12.2 Å². The predicted octanol–water partition coefficient (Wildman–Crippen LogP) is 5.08. The zero-order valence-corrected chi connectivity index (χ0v) is 21.7. The number of anilines is 1. The van der Waals surface area contributed by atoms with Gasteiger partial charge >= 0.3 is 0 Å². The molecular weight excluding hydrogens is 444 g/mol. The van der Waals surface area contributed by atoms with Crippen LogP contribution in [0.4, 0.5) is 5.69 Å². The van der Waals surface area contributed by atoms with Gasteiger partial charge in [-0.15, -0.1) is 0 Å². The number of pyridine rings is 1. The number of hydrogen-bond acceptors (Lipinski definition) is 4. The fraction of sp³-hybridized carbons (Fsp3) is 0.407. The normalized spacial score (nSPS) is 11.1. The minimum Gasteiger partial charge on any atom is -0.497 e. The summed E-state index contributed by atoms with van der Waals surface area (Å²) in [5.74, 6) is 0.792. The maximum Gasteiger partial charge on any atom is 0.253 e. The Balaban J connectivity index is 1.84. The number of H-pyrrole nitrogens is 1. The number of aryl methyl sites for hydroxylation is 2. The quantitative estimate of drug-likeness (QED) is 0.395. The predicted molar refractivity (Wildman–Crippen MR) is 146 cm³/mol. The Morgan fingerprint density at radius 3 is 2.41 bits per heavy atom. The zero-order valence-electron chi connectivity index (χ0n) is 20.9. The molecule has 0 unspecified atom stereocenters. The molecule has 0 saturated heterocycles. The molecule has 0 aliphatic carbocycles. The van der Waals surface area contributed by atoms with Crippen LogP contribution in [0.1, 0.15) is 37.0 Å². The smallest absolute Gasteiger partial charge is 0.253 e. The fourth-order valence-electron chi connectivity index (χ4n) is 4.19. The molecular formula is C27H36N4O2S. The van der Waals surface area contributed by atoms with Gasteiger partial charge < -0.3 is 24.8 Å². The monoisotopic (exact) mass is 480 g/mol. The van der Waals surface area contributed by atoms with E-state index in [0.29, 0.717) is 17.2 Å². The summed E-state index contributed by atoms with van der Waals surface area (Å²) in [6, 6.07) is 13.8. The molecule has 2 N–H and O–H groups in total. The van der Waals surface area contributed by atoms with Crippen LogP contribution < -0.4 is 15.6 Å². The van der Waals surface area contributed by atoms with Crippen molar-refractivity contribution in [2.24, 2.45) is 0 Å². The Hall–Kier alpha value is -2.90. The van der Waals surface area contributed by atoms with Crippen molar-refractivity contribution in [1.82, 2.24) is 14.8 Å². The van der Waals surface area contributed by atoms with Gasteiger partial charge in [0.1, 0.15) is 5.75 Å². The van der Waals surface area contributed by atoms with Crippen LogP contribution in [-0.4, -0.2) is 53.2 Å². The lowest BCUT2D eigenvalue weighted by atomic mass is 10.0. The standard InChI is InChI=1S/C27H36N4O2S/c1-6-30(7-2)13-8-14-31(27(34)28-22-9-11-23(33-5)12-10-22)18-21-17-24-20(4)15-19(3)16-25(24)29-26(21)32/h9-12,15-17H,6-8,13-14,18H2,1-5H3,(H,28,34)(H,29,32). The summed E-state index contributed by atoms with van der Waals surface area (Å²) in [4.78, 5) is 20.5. The van der Waals surface area contributed by atoms with Crippen LogP contribution in [0.5, 0.6) is 5.75 Å². The van der Waals surface area contributed by atoms with Crippen molar-refractivity contribution in [1.29, 1.82) is 0 Å². The molecule has 0 radical (unpaired) electrons. The molecule has 0 fully saturated rings. The van der Waals surface area contributed by atoms with Gasteiger partial charge in [0, 0.05) is 28.7 Å². The number of aromatic nitrogens is 1. The third-order valence-corrected chi connectivity index (χ3v) is 6.54. The second-order valence-electron chi connectivity index (χ2n) is 8.63. The van der Waals surface area contributed by atoms with E-state index in [1.807, 2.05) is 43.3 Å². The molecule has 6 nitrogen and oxygen atoms in total. The van der Waals surface area contributed by atoms with E-state index in [2.05, 4.69) is 46.9 Å². The van der Waals surface area contributed by atoms with E-state index in [-0.39, 0.29) is 5.56 Å². The van der Waals surface area contributed by atoms with Gasteiger partial charge in [0.15, 0.2) is 5.11 Å². The number of nitrogens with one attached hydrogen (secondary N) is 2. The van der Waals surface area contributed by atoms with Gasteiger partial charge in [0.2, 0.25) is 0 Å². The molecule has 1 aromatic heterocycles. The molecule has 0 aliphatic rings. The van der Waals surface area contributed by atoms with Gasteiger partial charge in [-0.2, -0.15) is 0 Å². The molecule has 0 bridgehead atoms. The van der Waals surface area contributed by atoms with Crippen molar-refractivity contribution >= 4 is 33.9 Å². The van der Waals surface area contributed by atoms with Crippen LogP contribution in [0.2, 0.25) is 0 Å². The minimum absolute atomic E-state index is 0.0708. The van der Waals surface area contributed by atoms with Crippen molar-refractivity contribution in [3.8, 4) is 5.75 Å². The van der Waals surface area contributed by atoms with Crippen molar-refractivity contribution in [2.45, 2.75) is 40.7 Å². The second-order valence-corrected chi connectivity index (χ2v) is 9.01.